The van der Waals surface area contributed by atoms with E-state index in [1.807, 2.05) is 12.1 Å². The van der Waals surface area contributed by atoms with Crippen LogP contribution in [0.3, 0.4) is 0 Å². The molecule has 3 N–H and O–H groups in total. The van der Waals surface area contributed by atoms with E-state index >= 15 is 0 Å². The van der Waals surface area contributed by atoms with E-state index < -0.39 is 0 Å². The van der Waals surface area contributed by atoms with Crippen molar-refractivity contribution in [2.75, 3.05) is 5.73 Å². The zero-order chi connectivity index (χ0) is 15.5. The van der Waals surface area contributed by atoms with Gasteiger partial charge in [-0.05, 0) is 42.5 Å². The van der Waals surface area contributed by atoms with Crippen LogP contribution in [0.25, 0.3) is 0 Å². The van der Waals surface area contributed by atoms with Crippen molar-refractivity contribution in [3.63, 3.8) is 0 Å². The molecule has 1 atom stereocenters. The van der Waals surface area contributed by atoms with E-state index in [9.17, 15) is 9.59 Å². The Bertz CT molecular complexity index is 752. The largest absolute Gasteiger partial charge is 0.394 e. The molecule has 1 aromatic heterocycles. The molecule has 5 nitrogen and oxygen atoms in total. The van der Waals surface area contributed by atoms with Crippen molar-refractivity contribution in [3.05, 3.63) is 64.1 Å². The molecule has 5 heteroatoms. The molecule has 114 valence electrons. The third kappa shape index (κ3) is 2.88. The molecule has 0 spiro atoms. The van der Waals surface area contributed by atoms with Crippen molar-refractivity contribution in [2.45, 2.75) is 31.8 Å². The highest BCUT2D eigenvalue weighted by Crippen LogP contribution is 2.29. The van der Waals surface area contributed by atoms with Gasteiger partial charge in [-0.2, -0.15) is 0 Å². The smallest absolute Gasteiger partial charge is 0.274 e. The fourth-order valence-corrected chi connectivity index (χ4v) is 2.98. The molecule has 1 amide bonds. The van der Waals surface area contributed by atoms with Crippen molar-refractivity contribution in [1.29, 1.82) is 0 Å². The Morgan fingerprint density at radius 3 is 2.95 bits per heavy atom. The first kappa shape index (κ1) is 14.4. The molecule has 22 heavy (non-hydrogen) atoms. The predicted molar refractivity (Wildman–Crippen MR) is 85.4 cm³/mol. The fraction of sp³-hybridized carbons (Fsp3) is 0.294. The Balaban J connectivity index is 1.73. The third-order valence-electron chi connectivity index (χ3n) is 4.07. The van der Waals surface area contributed by atoms with Crippen molar-refractivity contribution in [2.24, 2.45) is 0 Å². The van der Waals surface area contributed by atoms with Crippen LogP contribution < -0.4 is 16.6 Å². The average Bonchev–Trinajstić information content (AvgIpc) is 2.52. The third-order valence-corrected chi connectivity index (χ3v) is 4.07. The lowest BCUT2D eigenvalue weighted by molar-refractivity contribution is -0.122. The monoisotopic (exact) mass is 297 g/mol. The van der Waals surface area contributed by atoms with Crippen molar-refractivity contribution in [1.82, 2.24) is 9.88 Å². The number of carbonyl (C=O) groups excluding carboxylic acids is 1. The highest BCUT2D eigenvalue weighted by molar-refractivity contribution is 5.76. The Hall–Kier alpha value is -2.56. The molecule has 0 radical (unpaired) electrons. The van der Waals surface area contributed by atoms with Gasteiger partial charge in [0.1, 0.15) is 6.54 Å². The molecule has 0 saturated heterocycles. The number of aromatic nitrogens is 1. The minimum absolute atomic E-state index is 0.0114. The predicted octanol–water partition coefficient (Wildman–Crippen LogP) is 1.62. The molecule has 1 unspecified atom stereocenters. The number of nitrogen functional groups attached to an aromatic ring is 1. The molecule has 3 rings (SSSR count). The van der Waals surface area contributed by atoms with Crippen LogP contribution in [-0.2, 0) is 17.8 Å². The first-order valence-corrected chi connectivity index (χ1v) is 7.47. The number of nitrogens with zero attached hydrogens (tertiary/aromatic N) is 1. The van der Waals surface area contributed by atoms with Crippen LogP contribution in [0.15, 0.2) is 47.4 Å². The number of amides is 1. The van der Waals surface area contributed by atoms with Crippen molar-refractivity contribution >= 4 is 11.6 Å². The quantitative estimate of drug-likeness (QED) is 0.904. The van der Waals surface area contributed by atoms with E-state index in [1.54, 1.807) is 12.3 Å². The lowest BCUT2D eigenvalue weighted by Gasteiger charge is -2.26. The van der Waals surface area contributed by atoms with Crippen LogP contribution in [-0.4, -0.2) is 10.5 Å². The molecule has 1 heterocycles. The fourth-order valence-electron chi connectivity index (χ4n) is 2.98. The van der Waals surface area contributed by atoms with Gasteiger partial charge in [0.25, 0.3) is 5.56 Å². The maximum Gasteiger partial charge on any atom is 0.274 e. The summed E-state index contributed by atoms with van der Waals surface area (Å²) in [6.45, 7) is -0.0114. The van der Waals surface area contributed by atoms with Crippen molar-refractivity contribution < 1.29 is 4.79 Å². The van der Waals surface area contributed by atoms with Gasteiger partial charge >= 0.3 is 0 Å². The van der Waals surface area contributed by atoms with E-state index in [0.29, 0.717) is 0 Å². The second-order valence-electron chi connectivity index (χ2n) is 5.61. The minimum atomic E-state index is -0.332. The van der Waals surface area contributed by atoms with Gasteiger partial charge in [0.2, 0.25) is 5.91 Å². The van der Waals surface area contributed by atoms with Crippen LogP contribution in [0.2, 0.25) is 0 Å². The van der Waals surface area contributed by atoms with Crippen LogP contribution in [0.5, 0.6) is 0 Å². The SMILES string of the molecule is Nc1cccn(CC(=O)NC2CCCc3ccccc32)c1=O. The number of pyridine rings is 1. The summed E-state index contributed by atoms with van der Waals surface area (Å²) in [4.78, 5) is 24.1. The van der Waals surface area contributed by atoms with E-state index in [1.165, 1.54) is 21.8 Å². The summed E-state index contributed by atoms with van der Waals surface area (Å²) in [7, 11) is 0. The van der Waals surface area contributed by atoms with Gasteiger partial charge in [0.15, 0.2) is 0 Å². The van der Waals surface area contributed by atoms with Gasteiger partial charge in [-0.3, -0.25) is 9.59 Å². The first-order valence-electron chi connectivity index (χ1n) is 7.47. The normalized spacial score (nSPS) is 16.8. The number of benzene rings is 1. The number of anilines is 1. The molecular formula is C17H19N3O2. The summed E-state index contributed by atoms with van der Waals surface area (Å²) < 4.78 is 1.33. The summed E-state index contributed by atoms with van der Waals surface area (Å²) in [5, 5.41) is 3.03. The van der Waals surface area contributed by atoms with Gasteiger partial charge in [-0.1, -0.05) is 24.3 Å². The van der Waals surface area contributed by atoms with Crippen LogP contribution >= 0.6 is 0 Å². The number of hydrogen-bond donors (Lipinski definition) is 2. The molecule has 0 saturated carbocycles. The summed E-state index contributed by atoms with van der Waals surface area (Å²) in [6.07, 6.45) is 4.61. The molecule has 2 aromatic rings. The molecule has 0 fully saturated rings. The summed E-state index contributed by atoms with van der Waals surface area (Å²) in [5.41, 5.74) is 7.87. The highest BCUT2D eigenvalue weighted by Gasteiger charge is 2.21. The highest BCUT2D eigenvalue weighted by atomic mass is 16.2. The van der Waals surface area contributed by atoms with E-state index in [0.717, 1.165) is 19.3 Å². The molecule has 1 aliphatic carbocycles. The number of hydrogen-bond acceptors (Lipinski definition) is 3. The summed E-state index contributed by atoms with van der Waals surface area (Å²) in [6, 6.07) is 11.4. The van der Waals surface area contributed by atoms with Crippen LogP contribution in [0.4, 0.5) is 5.69 Å². The molecular weight excluding hydrogens is 278 g/mol. The number of fused-ring (bicyclic) bond motifs is 1. The lowest BCUT2D eigenvalue weighted by atomic mass is 9.88. The van der Waals surface area contributed by atoms with Gasteiger partial charge in [-0.25, -0.2) is 0 Å². The summed E-state index contributed by atoms with van der Waals surface area (Å²) >= 11 is 0. The maximum atomic E-state index is 12.2. The Kier molecular flexibility index (Phi) is 3.96. The molecule has 1 aromatic carbocycles. The Morgan fingerprint density at radius 1 is 1.27 bits per heavy atom. The Morgan fingerprint density at radius 2 is 2.09 bits per heavy atom. The standard InChI is InChI=1S/C17H19N3O2/c18-14-8-4-10-20(17(14)22)11-16(21)19-15-9-3-6-12-5-1-2-7-13(12)15/h1-2,4-5,7-8,10,15H,3,6,9,11,18H2,(H,19,21). The van der Waals surface area contributed by atoms with Gasteiger partial charge in [-0.15, -0.1) is 0 Å². The second-order valence-corrected chi connectivity index (χ2v) is 5.61. The maximum absolute atomic E-state index is 12.2. The van der Waals surface area contributed by atoms with Crippen LogP contribution in [0, 0.1) is 0 Å². The van der Waals surface area contributed by atoms with Crippen molar-refractivity contribution in [3.8, 4) is 0 Å². The van der Waals surface area contributed by atoms with E-state index in [-0.39, 0.29) is 29.7 Å². The van der Waals surface area contributed by atoms with Gasteiger partial charge in [0, 0.05) is 6.20 Å². The molecule has 1 aliphatic rings. The van der Waals surface area contributed by atoms with Crippen LogP contribution in [0.1, 0.15) is 30.0 Å². The average molecular weight is 297 g/mol. The number of rotatable bonds is 3. The first-order chi connectivity index (χ1) is 10.6. The Labute approximate surface area is 128 Å². The lowest BCUT2D eigenvalue weighted by Crippen LogP contribution is -2.36. The number of aryl methyl sites for hydroxylation is 1. The number of carbonyl (C=O) groups is 1. The summed E-state index contributed by atoms with van der Waals surface area (Å²) in [5.74, 6) is -0.172. The number of nitrogens with two attached hydrogens (primary N) is 1. The second kappa shape index (κ2) is 6.05. The minimum Gasteiger partial charge on any atom is -0.394 e. The zero-order valence-corrected chi connectivity index (χ0v) is 12.3. The van der Waals surface area contributed by atoms with Gasteiger partial charge < -0.3 is 15.6 Å². The zero-order valence-electron chi connectivity index (χ0n) is 12.3. The molecule has 0 bridgehead atoms. The van der Waals surface area contributed by atoms with E-state index in [4.69, 9.17) is 5.73 Å². The van der Waals surface area contributed by atoms with Gasteiger partial charge in [0.05, 0.1) is 11.7 Å². The molecule has 0 aliphatic heterocycles. The topological polar surface area (TPSA) is 77.1 Å². The number of nitrogens with one attached hydrogen (secondary N) is 1. The van der Waals surface area contributed by atoms with E-state index in [2.05, 4.69) is 17.4 Å².